The minimum absolute atomic E-state index is 0.135. The van der Waals surface area contributed by atoms with Gasteiger partial charge in [-0.05, 0) is 46.7 Å². The summed E-state index contributed by atoms with van der Waals surface area (Å²) in [5.74, 6) is 0.879. The Hall–Kier alpha value is -1.87. The maximum Gasteiger partial charge on any atom is 0.322 e. The second-order valence-corrected chi connectivity index (χ2v) is 8.46. The minimum Gasteiger partial charge on any atom is -0.357 e. The number of amides is 3. The van der Waals surface area contributed by atoms with E-state index in [1.165, 1.54) is 0 Å². The number of carbonyl (C=O) groups is 2. The monoisotopic (exact) mass is 393 g/mol. The van der Waals surface area contributed by atoms with Crippen LogP contribution in [0.25, 0.3) is 0 Å². The normalized spacial score (nSPS) is 31.1. The molecule has 28 heavy (non-hydrogen) atoms. The van der Waals surface area contributed by atoms with E-state index in [2.05, 4.69) is 51.7 Å². The molecule has 0 aromatic rings. The quantitative estimate of drug-likeness (QED) is 0.339. The van der Waals surface area contributed by atoms with Gasteiger partial charge in [0.2, 0.25) is 0 Å². The molecule has 3 aliphatic rings. The Morgan fingerprint density at radius 3 is 2.54 bits per heavy atom. The Balaban J connectivity index is 1.60. The number of aliphatic imine (C=N–C) groups is 1. The number of hydrogen-bond acceptors (Lipinski definition) is 5. The maximum absolute atomic E-state index is 12.2. The first-order chi connectivity index (χ1) is 13.3. The van der Waals surface area contributed by atoms with Crippen LogP contribution in [-0.4, -0.2) is 104 Å². The molecule has 0 spiro atoms. The number of nitrogens with one attached hydrogen (secondary N) is 3. The Bertz CT molecular complexity index is 617. The van der Waals surface area contributed by atoms with E-state index in [0.717, 1.165) is 64.6 Å². The highest BCUT2D eigenvalue weighted by Gasteiger charge is 2.48. The van der Waals surface area contributed by atoms with Crippen molar-refractivity contribution in [2.45, 2.75) is 38.3 Å². The molecular weight excluding hydrogens is 358 g/mol. The van der Waals surface area contributed by atoms with Crippen LogP contribution in [0.1, 0.15) is 26.7 Å². The molecule has 3 heterocycles. The second kappa shape index (κ2) is 8.65. The number of hydrogen-bond donors (Lipinski definition) is 3. The van der Waals surface area contributed by atoms with E-state index in [-0.39, 0.29) is 17.9 Å². The number of piperazine rings is 1. The van der Waals surface area contributed by atoms with E-state index >= 15 is 0 Å². The lowest BCUT2D eigenvalue weighted by molar-refractivity contribution is -0.125. The van der Waals surface area contributed by atoms with Crippen molar-refractivity contribution in [3.8, 4) is 0 Å². The lowest BCUT2D eigenvalue weighted by atomic mass is 9.79. The summed E-state index contributed by atoms with van der Waals surface area (Å²) < 4.78 is 0. The predicted molar refractivity (Wildman–Crippen MR) is 109 cm³/mol. The molecule has 0 bridgehead atoms. The van der Waals surface area contributed by atoms with E-state index < -0.39 is 5.54 Å². The number of rotatable bonds is 4. The van der Waals surface area contributed by atoms with Crippen molar-refractivity contribution < 1.29 is 9.59 Å². The van der Waals surface area contributed by atoms with Gasteiger partial charge in [0.15, 0.2) is 5.96 Å². The fourth-order valence-electron chi connectivity index (χ4n) is 4.43. The van der Waals surface area contributed by atoms with Crippen LogP contribution in [0.15, 0.2) is 4.99 Å². The standard InChI is InChI=1S/C19H35N7O2/c1-5-20-17(21-12-15-13-24(3)10-11-25(15)4)26-8-6-14(7-9-26)19(2)16(27)22-18(28)23-19/h14-15H,5-13H2,1-4H3,(H,20,21)(H2,22,23,27,28). The van der Waals surface area contributed by atoms with Gasteiger partial charge in [0.25, 0.3) is 5.91 Å². The molecule has 3 aliphatic heterocycles. The van der Waals surface area contributed by atoms with Crippen molar-refractivity contribution in [2.24, 2.45) is 10.9 Å². The number of likely N-dealkylation sites (tertiary alicyclic amines) is 1. The average Bonchev–Trinajstić information content (AvgIpc) is 2.94. The largest absolute Gasteiger partial charge is 0.357 e. The van der Waals surface area contributed by atoms with Gasteiger partial charge in [-0.3, -0.25) is 20.0 Å². The molecule has 0 aliphatic carbocycles. The Kier molecular flexibility index (Phi) is 6.44. The zero-order chi connectivity index (χ0) is 20.3. The summed E-state index contributed by atoms with van der Waals surface area (Å²) in [5, 5.41) is 8.62. The number of imide groups is 1. The zero-order valence-electron chi connectivity index (χ0n) is 17.6. The molecule has 2 unspecified atom stereocenters. The number of carbonyl (C=O) groups excluding carboxylic acids is 2. The number of likely N-dealkylation sites (N-methyl/N-ethyl adjacent to an activating group) is 2. The molecule has 0 radical (unpaired) electrons. The smallest absolute Gasteiger partial charge is 0.322 e. The highest BCUT2D eigenvalue weighted by Crippen LogP contribution is 2.30. The number of nitrogens with zero attached hydrogens (tertiary/aromatic N) is 4. The van der Waals surface area contributed by atoms with Crippen LogP contribution >= 0.6 is 0 Å². The lowest BCUT2D eigenvalue weighted by Gasteiger charge is -2.40. The summed E-state index contributed by atoms with van der Waals surface area (Å²) in [4.78, 5) is 35.7. The first-order valence-electron chi connectivity index (χ1n) is 10.4. The summed E-state index contributed by atoms with van der Waals surface area (Å²) in [6.07, 6.45) is 1.70. The maximum atomic E-state index is 12.2. The van der Waals surface area contributed by atoms with E-state index in [0.29, 0.717) is 6.04 Å². The molecule has 3 N–H and O–H groups in total. The fraction of sp³-hybridized carbons (Fsp3) is 0.842. The zero-order valence-corrected chi connectivity index (χ0v) is 17.6. The third-order valence-electron chi connectivity index (χ3n) is 6.45. The van der Waals surface area contributed by atoms with Crippen molar-refractivity contribution in [2.75, 3.05) is 59.9 Å². The molecule has 0 aromatic carbocycles. The van der Waals surface area contributed by atoms with Gasteiger partial charge in [-0.2, -0.15) is 0 Å². The summed E-state index contributed by atoms with van der Waals surface area (Å²) in [6.45, 7) is 10.4. The van der Waals surface area contributed by atoms with Crippen LogP contribution in [-0.2, 0) is 4.79 Å². The van der Waals surface area contributed by atoms with Gasteiger partial charge in [-0.25, -0.2) is 4.79 Å². The second-order valence-electron chi connectivity index (χ2n) is 8.46. The van der Waals surface area contributed by atoms with Crippen molar-refractivity contribution in [3.05, 3.63) is 0 Å². The molecule has 0 aromatic heterocycles. The van der Waals surface area contributed by atoms with Crippen LogP contribution in [0.4, 0.5) is 4.79 Å². The van der Waals surface area contributed by atoms with Crippen LogP contribution in [0.5, 0.6) is 0 Å². The van der Waals surface area contributed by atoms with Gasteiger partial charge in [0.05, 0.1) is 6.54 Å². The Morgan fingerprint density at radius 2 is 1.93 bits per heavy atom. The van der Waals surface area contributed by atoms with Gasteiger partial charge >= 0.3 is 6.03 Å². The molecule has 3 fully saturated rings. The topological polar surface area (TPSA) is 92.3 Å². The first-order valence-corrected chi connectivity index (χ1v) is 10.4. The number of piperidine rings is 1. The van der Waals surface area contributed by atoms with E-state index in [1.54, 1.807) is 0 Å². The van der Waals surface area contributed by atoms with Gasteiger partial charge in [0.1, 0.15) is 5.54 Å². The van der Waals surface area contributed by atoms with Gasteiger partial charge in [-0.1, -0.05) is 0 Å². The molecule has 2 atom stereocenters. The molecule has 3 saturated heterocycles. The van der Waals surface area contributed by atoms with E-state index in [1.807, 2.05) is 6.92 Å². The van der Waals surface area contributed by atoms with E-state index in [9.17, 15) is 9.59 Å². The van der Waals surface area contributed by atoms with Crippen molar-refractivity contribution in [1.82, 2.24) is 30.7 Å². The van der Waals surface area contributed by atoms with Gasteiger partial charge in [-0.15, -0.1) is 0 Å². The summed E-state index contributed by atoms with van der Waals surface area (Å²) in [7, 11) is 4.34. The van der Waals surface area contributed by atoms with E-state index in [4.69, 9.17) is 4.99 Å². The summed E-state index contributed by atoms with van der Waals surface area (Å²) >= 11 is 0. The number of urea groups is 1. The molecular formula is C19H35N7O2. The van der Waals surface area contributed by atoms with Crippen molar-refractivity contribution >= 4 is 17.9 Å². The Morgan fingerprint density at radius 1 is 1.21 bits per heavy atom. The summed E-state index contributed by atoms with van der Waals surface area (Å²) in [6, 6.07) is 0.0488. The third kappa shape index (κ3) is 4.41. The molecule has 3 amide bonds. The molecule has 3 rings (SSSR count). The van der Waals surface area contributed by atoms with Crippen LogP contribution in [0, 0.1) is 5.92 Å². The molecule has 0 saturated carbocycles. The average molecular weight is 394 g/mol. The molecule has 9 heteroatoms. The first kappa shape index (κ1) is 20.9. The summed E-state index contributed by atoms with van der Waals surface area (Å²) in [5.41, 5.74) is -0.798. The minimum atomic E-state index is -0.798. The lowest BCUT2D eigenvalue weighted by Crippen LogP contribution is -2.55. The van der Waals surface area contributed by atoms with Gasteiger partial charge in [0, 0.05) is 45.3 Å². The van der Waals surface area contributed by atoms with Crippen LogP contribution in [0.3, 0.4) is 0 Å². The fourth-order valence-corrected chi connectivity index (χ4v) is 4.43. The molecule has 158 valence electrons. The van der Waals surface area contributed by atoms with Crippen molar-refractivity contribution in [1.29, 1.82) is 0 Å². The predicted octanol–water partition coefficient (Wildman–Crippen LogP) is -0.492. The van der Waals surface area contributed by atoms with Crippen LogP contribution < -0.4 is 16.0 Å². The highest BCUT2D eigenvalue weighted by atomic mass is 16.2. The third-order valence-corrected chi connectivity index (χ3v) is 6.45. The van der Waals surface area contributed by atoms with Crippen LogP contribution in [0.2, 0.25) is 0 Å². The highest BCUT2D eigenvalue weighted by molar-refractivity contribution is 6.07. The van der Waals surface area contributed by atoms with Gasteiger partial charge < -0.3 is 20.4 Å². The Labute approximate surface area is 167 Å². The number of guanidine groups is 1. The SMILES string of the molecule is CCNC(=NCC1CN(C)CCN1C)N1CCC(C2(C)NC(=O)NC2=O)CC1. The molecule has 9 nitrogen and oxygen atoms in total. The van der Waals surface area contributed by atoms with Crippen molar-refractivity contribution in [3.63, 3.8) is 0 Å².